The Labute approximate surface area is 87.7 Å². The van der Waals surface area contributed by atoms with Crippen LogP contribution in [0.15, 0.2) is 27.5 Å². The molecule has 8 nitrogen and oxygen atoms in total. The van der Waals surface area contributed by atoms with Gasteiger partial charge in [-0.1, -0.05) is 0 Å². The number of aromatic amines is 3. The lowest BCUT2D eigenvalue weighted by atomic mass is 10.5. The van der Waals surface area contributed by atoms with Gasteiger partial charge in [0.05, 0.1) is 4.68 Å². The standard InChI is InChI=1S/C6H3N5O3.C2H4/c1-7-11-4(12)2-3(10-6(11)14)9-5(13)8-2;1-2/h(H,10,14)(H2,8,9,13);1-2H2. The Kier molecular flexibility index (Phi) is 2.91. The van der Waals surface area contributed by atoms with Crippen LogP contribution < -0.4 is 16.9 Å². The maximum absolute atomic E-state index is 11.3. The lowest BCUT2D eigenvalue weighted by molar-refractivity contribution is 0.891. The highest BCUT2D eigenvalue weighted by molar-refractivity contribution is 5.67. The van der Waals surface area contributed by atoms with Crippen molar-refractivity contribution >= 4 is 11.2 Å². The molecular weight excluding hydrogens is 214 g/mol. The highest BCUT2D eigenvalue weighted by atomic mass is 16.2. The molecule has 0 spiro atoms. The summed E-state index contributed by atoms with van der Waals surface area (Å²) in [7, 11) is 0. The summed E-state index contributed by atoms with van der Waals surface area (Å²) in [5, 5.41) is 0. The SMILES string of the molecule is C=C.[C-]#[N+]n1c(=O)[nH]c2[nH]c(=O)[nH]c2c1=O. The van der Waals surface area contributed by atoms with Crippen molar-refractivity contribution in [2.45, 2.75) is 0 Å². The van der Waals surface area contributed by atoms with Crippen LogP contribution in [0.2, 0.25) is 0 Å². The minimum absolute atomic E-state index is 0.00935. The van der Waals surface area contributed by atoms with Gasteiger partial charge in [-0.2, -0.15) is 6.57 Å². The molecule has 2 heterocycles. The summed E-state index contributed by atoms with van der Waals surface area (Å²) < 4.78 is 0.298. The van der Waals surface area contributed by atoms with E-state index < -0.39 is 16.9 Å². The van der Waals surface area contributed by atoms with Gasteiger partial charge in [0.1, 0.15) is 5.65 Å². The van der Waals surface area contributed by atoms with Crippen molar-refractivity contribution < 1.29 is 0 Å². The largest absolute Gasteiger partial charge is 0.398 e. The highest BCUT2D eigenvalue weighted by Gasteiger charge is 2.12. The molecule has 0 amide bonds. The van der Waals surface area contributed by atoms with E-state index in [0.29, 0.717) is 4.68 Å². The fourth-order valence-electron chi connectivity index (χ4n) is 1.09. The smallest absolute Gasteiger partial charge is 0.300 e. The summed E-state index contributed by atoms with van der Waals surface area (Å²) in [6.45, 7) is 12.6. The molecule has 0 aliphatic rings. The van der Waals surface area contributed by atoms with E-state index in [1.807, 2.05) is 0 Å². The van der Waals surface area contributed by atoms with E-state index in [1.165, 1.54) is 0 Å². The van der Waals surface area contributed by atoms with E-state index in [0.717, 1.165) is 0 Å². The zero-order valence-electron chi connectivity index (χ0n) is 8.03. The molecule has 2 rings (SSSR count). The summed E-state index contributed by atoms with van der Waals surface area (Å²) >= 11 is 0. The quantitative estimate of drug-likeness (QED) is 0.400. The second-order valence-electron chi connectivity index (χ2n) is 2.48. The van der Waals surface area contributed by atoms with Crippen LogP contribution in [-0.2, 0) is 0 Å². The fraction of sp³-hybridized carbons (Fsp3) is 0. The minimum atomic E-state index is -0.882. The average molecular weight is 221 g/mol. The molecule has 0 aromatic carbocycles. The van der Waals surface area contributed by atoms with Gasteiger partial charge in [0.25, 0.3) is 0 Å². The molecule has 82 valence electrons. The maximum Gasteiger partial charge on any atom is 0.398 e. The molecule has 0 atom stereocenters. The number of rotatable bonds is 0. The van der Waals surface area contributed by atoms with Crippen LogP contribution in [0.3, 0.4) is 0 Å². The van der Waals surface area contributed by atoms with Crippen LogP contribution in [0.5, 0.6) is 0 Å². The van der Waals surface area contributed by atoms with Gasteiger partial charge >= 0.3 is 16.9 Å². The molecule has 0 aliphatic carbocycles. The molecule has 3 N–H and O–H groups in total. The highest BCUT2D eigenvalue weighted by Crippen LogP contribution is 1.91. The van der Waals surface area contributed by atoms with Gasteiger partial charge in [-0.05, 0) is 0 Å². The van der Waals surface area contributed by atoms with Gasteiger partial charge in [-0.15, -0.1) is 18.1 Å². The first-order chi connectivity index (χ1) is 7.63. The minimum Gasteiger partial charge on any atom is -0.300 e. The Hall–Kier alpha value is -2.82. The third kappa shape index (κ3) is 1.57. The van der Waals surface area contributed by atoms with Gasteiger partial charge in [-0.3, -0.25) is 19.7 Å². The molecule has 8 heteroatoms. The van der Waals surface area contributed by atoms with Crippen molar-refractivity contribution in [3.05, 3.63) is 56.0 Å². The zero-order valence-corrected chi connectivity index (χ0v) is 8.03. The lowest BCUT2D eigenvalue weighted by Gasteiger charge is -1.87. The van der Waals surface area contributed by atoms with Crippen LogP contribution in [-0.4, -0.2) is 19.6 Å². The second kappa shape index (κ2) is 4.14. The van der Waals surface area contributed by atoms with Gasteiger partial charge in [0, 0.05) is 0 Å². The Morgan fingerprint density at radius 2 is 1.75 bits per heavy atom. The predicted molar refractivity (Wildman–Crippen MR) is 57.1 cm³/mol. The Balaban J connectivity index is 0.000000606. The van der Waals surface area contributed by atoms with Crippen molar-refractivity contribution in [3.63, 3.8) is 0 Å². The third-order valence-electron chi connectivity index (χ3n) is 1.66. The molecule has 0 aliphatic heterocycles. The van der Waals surface area contributed by atoms with Crippen molar-refractivity contribution in [2.75, 3.05) is 0 Å². The number of hydrogen-bond donors (Lipinski definition) is 3. The van der Waals surface area contributed by atoms with Crippen molar-refractivity contribution in [1.82, 2.24) is 19.6 Å². The Morgan fingerprint density at radius 3 is 2.31 bits per heavy atom. The van der Waals surface area contributed by atoms with Gasteiger partial charge in [0.2, 0.25) is 0 Å². The number of fused-ring (bicyclic) bond motifs is 1. The van der Waals surface area contributed by atoms with E-state index >= 15 is 0 Å². The van der Waals surface area contributed by atoms with E-state index in [9.17, 15) is 14.4 Å². The lowest BCUT2D eigenvalue weighted by Crippen LogP contribution is -2.30. The summed E-state index contributed by atoms with van der Waals surface area (Å²) in [5.74, 6) is 0. The Bertz CT molecular complexity index is 723. The first-order valence-electron chi connectivity index (χ1n) is 3.98. The number of H-pyrrole nitrogens is 3. The Morgan fingerprint density at radius 1 is 1.12 bits per heavy atom. The fourth-order valence-corrected chi connectivity index (χ4v) is 1.09. The molecule has 0 saturated heterocycles. The molecular formula is C8H7N5O3. The number of hydrogen-bond acceptors (Lipinski definition) is 3. The average Bonchev–Trinajstić information content (AvgIpc) is 2.63. The normalized spacial score (nSPS) is 9.19. The molecule has 0 bridgehead atoms. The van der Waals surface area contributed by atoms with E-state index in [1.54, 1.807) is 0 Å². The van der Waals surface area contributed by atoms with Crippen LogP contribution in [0.4, 0.5) is 0 Å². The third-order valence-corrected chi connectivity index (χ3v) is 1.66. The van der Waals surface area contributed by atoms with Crippen LogP contribution in [0.1, 0.15) is 0 Å². The number of nitrogens with one attached hydrogen (secondary N) is 3. The summed E-state index contributed by atoms with van der Waals surface area (Å²) in [6, 6.07) is 0. The summed E-state index contributed by atoms with van der Waals surface area (Å²) in [4.78, 5) is 42.4. The van der Waals surface area contributed by atoms with E-state index in [-0.39, 0.29) is 11.2 Å². The first-order valence-corrected chi connectivity index (χ1v) is 3.98. The van der Waals surface area contributed by atoms with Crippen molar-refractivity contribution in [2.24, 2.45) is 0 Å². The second-order valence-corrected chi connectivity index (χ2v) is 2.48. The van der Waals surface area contributed by atoms with E-state index in [2.05, 4.69) is 33.1 Å². The molecule has 0 saturated carbocycles. The zero-order chi connectivity index (χ0) is 12.3. The van der Waals surface area contributed by atoms with Crippen LogP contribution in [0.25, 0.3) is 16.1 Å². The molecule has 16 heavy (non-hydrogen) atoms. The molecule has 2 aromatic heterocycles. The van der Waals surface area contributed by atoms with Crippen molar-refractivity contribution in [1.29, 1.82) is 0 Å². The topological polar surface area (TPSA) is 108 Å². The molecule has 0 radical (unpaired) electrons. The number of imidazole rings is 1. The van der Waals surface area contributed by atoms with Crippen LogP contribution >= 0.6 is 0 Å². The summed E-state index contributed by atoms with van der Waals surface area (Å²) in [6.07, 6.45) is 0. The number of nitrogens with zero attached hydrogens (tertiary/aromatic N) is 2. The van der Waals surface area contributed by atoms with Crippen LogP contribution in [0, 0.1) is 6.57 Å². The van der Waals surface area contributed by atoms with Crippen molar-refractivity contribution in [3.8, 4) is 0 Å². The van der Waals surface area contributed by atoms with Gasteiger partial charge < -0.3 is 0 Å². The molecule has 2 aromatic rings. The molecule has 0 unspecified atom stereocenters. The predicted octanol–water partition coefficient (Wildman–Crippen LogP) is -0.809. The number of aromatic nitrogens is 4. The van der Waals surface area contributed by atoms with Gasteiger partial charge in [-0.25, -0.2) is 9.59 Å². The van der Waals surface area contributed by atoms with E-state index in [4.69, 9.17) is 6.57 Å². The monoisotopic (exact) mass is 221 g/mol. The first kappa shape index (κ1) is 11.3. The van der Waals surface area contributed by atoms with Gasteiger partial charge in [0.15, 0.2) is 5.52 Å². The summed E-state index contributed by atoms with van der Waals surface area (Å²) in [5.41, 5.74) is -2.48. The maximum atomic E-state index is 11.3. The molecule has 0 fully saturated rings.